The molecule has 0 spiro atoms. The fraction of sp³-hybridized carbons (Fsp3) is 0.538. The molecule has 3 nitrogen and oxygen atoms in total. The Bertz CT molecular complexity index is 327. The average molecular weight is 218 g/mol. The van der Waals surface area contributed by atoms with Gasteiger partial charge in [-0.2, -0.15) is 5.26 Å². The second kappa shape index (κ2) is 7.70. The van der Waals surface area contributed by atoms with Crippen LogP contribution in [0.4, 0.5) is 0 Å². The summed E-state index contributed by atoms with van der Waals surface area (Å²) in [7, 11) is 0. The van der Waals surface area contributed by atoms with Crippen molar-refractivity contribution in [2.75, 3.05) is 6.61 Å². The van der Waals surface area contributed by atoms with Crippen molar-refractivity contribution >= 4 is 0 Å². The molecule has 0 aliphatic rings. The lowest BCUT2D eigenvalue weighted by molar-refractivity contribution is 0.303. The third-order valence-electron chi connectivity index (χ3n) is 2.37. The maximum atomic E-state index is 8.57. The number of ether oxygens (including phenoxy) is 1. The van der Waals surface area contributed by atoms with Crippen molar-refractivity contribution in [3.8, 4) is 11.8 Å². The number of nitriles is 1. The van der Waals surface area contributed by atoms with Crippen LogP contribution in [-0.2, 0) is 0 Å². The number of hydrogen-bond acceptors (Lipinski definition) is 3. The van der Waals surface area contributed by atoms with Crippen molar-refractivity contribution in [2.45, 2.75) is 39.0 Å². The molecule has 0 fully saturated rings. The van der Waals surface area contributed by atoms with Gasteiger partial charge in [0.05, 0.1) is 12.8 Å². The molecule has 1 rings (SSSR count). The Morgan fingerprint density at radius 2 is 2.06 bits per heavy atom. The van der Waals surface area contributed by atoms with Crippen LogP contribution in [0.5, 0.6) is 5.75 Å². The summed E-state index contributed by atoms with van der Waals surface area (Å²) < 4.78 is 5.51. The van der Waals surface area contributed by atoms with Gasteiger partial charge in [0.15, 0.2) is 0 Å². The van der Waals surface area contributed by atoms with E-state index in [4.69, 9.17) is 10.00 Å². The molecule has 0 saturated carbocycles. The highest BCUT2D eigenvalue weighted by Crippen LogP contribution is 2.10. The minimum Gasteiger partial charge on any atom is -0.492 e. The van der Waals surface area contributed by atoms with Crippen molar-refractivity contribution in [2.24, 2.45) is 0 Å². The first-order valence-corrected chi connectivity index (χ1v) is 5.85. The molecule has 0 aliphatic carbocycles. The summed E-state index contributed by atoms with van der Waals surface area (Å²) >= 11 is 0. The van der Waals surface area contributed by atoms with Crippen LogP contribution >= 0.6 is 0 Å². The number of rotatable bonds is 7. The van der Waals surface area contributed by atoms with E-state index in [0.29, 0.717) is 5.69 Å². The molecule has 1 heterocycles. The first-order valence-electron chi connectivity index (χ1n) is 5.85. The Kier molecular flexibility index (Phi) is 6.02. The first-order chi connectivity index (χ1) is 7.86. The molecule has 0 radical (unpaired) electrons. The molecule has 1 aromatic heterocycles. The second-order valence-corrected chi connectivity index (χ2v) is 3.75. The van der Waals surface area contributed by atoms with Crippen molar-refractivity contribution in [1.29, 1.82) is 5.26 Å². The first kappa shape index (κ1) is 12.5. The Morgan fingerprint density at radius 1 is 1.25 bits per heavy atom. The van der Waals surface area contributed by atoms with Crippen LogP contribution in [-0.4, -0.2) is 11.6 Å². The van der Waals surface area contributed by atoms with E-state index in [1.165, 1.54) is 25.7 Å². The van der Waals surface area contributed by atoms with Gasteiger partial charge < -0.3 is 4.74 Å². The predicted octanol–water partition coefficient (Wildman–Crippen LogP) is 3.30. The average Bonchev–Trinajstić information content (AvgIpc) is 2.34. The van der Waals surface area contributed by atoms with Gasteiger partial charge >= 0.3 is 0 Å². The lowest BCUT2D eigenvalue weighted by atomic mass is 10.2. The van der Waals surface area contributed by atoms with Gasteiger partial charge in [-0.25, -0.2) is 4.98 Å². The van der Waals surface area contributed by atoms with Crippen LogP contribution in [0.25, 0.3) is 0 Å². The zero-order valence-corrected chi connectivity index (χ0v) is 9.78. The Morgan fingerprint density at radius 3 is 2.69 bits per heavy atom. The van der Waals surface area contributed by atoms with Gasteiger partial charge in [-0.1, -0.05) is 32.6 Å². The third kappa shape index (κ3) is 4.79. The standard InChI is InChI=1S/C13H18N2O/c1-2-3-4-5-6-9-16-13-8-7-12(10-14)15-11-13/h7-8,11H,2-6,9H2,1H3. The molecule has 0 aliphatic heterocycles. The Hall–Kier alpha value is -1.56. The molecule has 0 bridgehead atoms. The second-order valence-electron chi connectivity index (χ2n) is 3.75. The van der Waals surface area contributed by atoms with Crippen LogP contribution in [0, 0.1) is 11.3 Å². The van der Waals surface area contributed by atoms with Crippen molar-refractivity contribution in [3.63, 3.8) is 0 Å². The van der Waals surface area contributed by atoms with Crippen LogP contribution in [0.1, 0.15) is 44.7 Å². The molecular formula is C13H18N2O. The number of aromatic nitrogens is 1. The van der Waals surface area contributed by atoms with Crippen LogP contribution in [0.3, 0.4) is 0 Å². The molecule has 0 N–H and O–H groups in total. The molecule has 0 amide bonds. The summed E-state index contributed by atoms with van der Waals surface area (Å²) in [5.74, 6) is 0.745. The summed E-state index contributed by atoms with van der Waals surface area (Å²) in [4.78, 5) is 3.94. The van der Waals surface area contributed by atoms with Crippen LogP contribution in [0.2, 0.25) is 0 Å². The van der Waals surface area contributed by atoms with Gasteiger partial charge in [0, 0.05) is 0 Å². The summed E-state index contributed by atoms with van der Waals surface area (Å²) in [5.41, 5.74) is 0.426. The van der Waals surface area contributed by atoms with E-state index in [1.54, 1.807) is 18.3 Å². The summed E-state index contributed by atoms with van der Waals surface area (Å²) in [5, 5.41) is 8.57. The van der Waals surface area contributed by atoms with E-state index >= 15 is 0 Å². The molecule has 16 heavy (non-hydrogen) atoms. The monoisotopic (exact) mass is 218 g/mol. The van der Waals surface area contributed by atoms with Gasteiger partial charge in [0.2, 0.25) is 0 Å². The molecular weight excluding hydrogens is 200 g/mol. The smallest absolute Gasteiger partial charge is 0.140 e. The molecule has 0 aromatic carbocycles. The van der Waals surface area contributed by atoms with Crippen molar-refractivity contribution < 1.29 is 4.74 Å². The lowest BCUT2D eigenvalue weighted by Crippen LogP contribution is -1.97. The van der Waals surface area contributed by atoms with E-state index in [9.17, 15) is 0 Å². The molecule has 0 saturated heterocycles. The normalized spacial score (nSPS) is 9.75. The maximum Gasteiger partial charge on any atom is 0.140 e. The quantitative estimate of drug-likeness (QED) is 0.659. The largest absolute Gasteiger partial charge is 0.492 e. The Labute approximate surface area is 97.1 Å². The number of unbranched alkanes of at least 4 members (excludes halogenated alkanes) is 4. The van der Waals surface area contributed by atoms with Gasteiger partial charge in [-0.05, 0) is 18.6 Å². The summed E-state index contributed by atoms with van der Waals surface area (Å²) in [6.07, 6.45) is 7.76. The maximum absolute atomic E-state index is 8.57. The minimum atomic E-state index is 0.426. The fourth-order valence-corrected chi connectivity index (χ4v) is 1.43. The predicted molar refractivity (Wildman–Crippen MR) is 63.2 cm³/mol. The summed E-state index contributed by atoms with van der Waals surface area (Å²) in [6, 6.07) is 5.44. The number of pyridine rings is 1. The molecule has 1 aromatic rings. The lowest BCUT2D eigenvalue weighted by Gasteiger charge is -2.05. The van der Waals surface area contributed by atoms with Gasteiger partial charge in [0.25, 0.3) is 0 Å². The highest BCUT2D eigenvalue weighted by Gasteiger charge is 1.95. The van der Waals surface area contributed by atoms with E-state index in [2.05, 4.69) is 11.9 Å². The zero-order valence-electron chi connectivity index (χ0n) is 9.78. The highest BCUT2D eigenvalue weighted by atomic mass is 16.5. The highest BCUT2D eigenvalue weighted by molar-refractivity contribution is 5.26. The van der Waals surface area contributed by atoms with Crippen molar-refractivity contribution in [3.05, 3.63) is 24.0 Å². The number of nitrogens with zero attached hydrogens (tertiary/aromatic N) is 2. The van der Waals surface area contributed by atoms with E-state index in [-0.39, 0.29) is 0 Å². The van der Waals surface area contributed by atoms with E-state index < -0.39 is 0 Å². The minimum absolute atomic E-state index is 0.426. The van der Waals surface area contributed by atoms with Crippen LogP contribution < -0.4 is 4.74 Å². The van der Waals surface area contributed by atoms with Gasteiger partial charge in [0.1, 0.15) is 17.5 Å². The molecule has 0 unspecified atom stereocenters. The molecule has 86 valence electrons. The third-order valence-corrected chi connectivity index (χ3v) is 2.37. The van der Waals surface area contributed by atoms with E-state index in [1.807, 2.05) is 6.07 Å². The SMILES string of the molecule is CCCCCCCOc1ccc(C#N)nc1. The zero-order chi connectivity index (χ0) is 11.6. The molecule has 3 heteroatoms. The van der Waals surface area contributed by atoms with Gasteiger partial charge in [-0.15, -0.1) is 0 Å². The Balaban J connectivity index is 2.15. The fourth-order valence-electron chi connectivity index (χ4n) is 1.43. The van der Waals surface area contributed by atoms with Crippen LogP contribution in [0.15, 0.2) is 18.3 Å². The summed E-state index contributed by atoms with van der Waals surface area (Å²) in [6.45, 7) is 2.94. The van der Waals surface area contributed by atoms with Gasteiger partial charge in [-0.3, -0.25) is 0 Å². The van der Waals surface area contributed by atoms with E-state index in [0.717, 1.165) is 18.8 Å². The topological polar surface area (TPSA) is 45.9 Å². The molecule has 0 atom stereocenters. The van der Waals surface area contributed by atoms with Crippen molar-refractivity contribution in [1.82, 2.24) is 4.98 Å². The number of hydrogen-bond donors (Lipinski definition) is 0.